The van der Waals surface area contributed by atoms with Gasteiger partial charge in [0.2, 0.25) is 0 Å². The first-order valence-corrected chi connectivity index (χ1v) is 13.1. The molecule has 0 bridgehead atoms. The summed E-state index contributed by atoms with van der Waals surface area (Å²) in [6, 6.07) is 9.63. The molecule has 0 atom stereocenters. The molecule has 1 aromatic carbocycles. The van der Waals surface area contributed by atoms with Gasteiger partial charge < -0.3 is 15.2 Å². The van der Waals surface area contributed by atoms with Gasteiger partial charge in [0, 0.05) is 34.8 Å². The number of benzene rings is 1. The summed E-state index contributed by atoms with van der Waals surface area (Å²) < 4.78 is 25.0. The zero-order valence-corrected chi connectivity index (χ0v) is 20.0. The first kappa shape index (κ1) is 21.9. The van der Waals surface area contributed by atoms with Gasteiger partial charge in [-0.25, -0.2) is 18.4 Å². The second-order valence-electron chi connectivity index (χ2n) is 8.96. The number of nitrogens with one attached hydrogen (secondary N) is 2. The molecular formula is C25H29N5O2S. The molecule has 1 aliphatic heterocycles. The number of aromatic nitrogens is 3. The third-order valence-corrected chi connectivity index (χ3v) is 8.29. The van der Waals surface area contributed by atoms with Gasteiger partial charge in [0.25, 0.3) is 0 Å². The predicted octanol–water partition coefficient (Wildman–Crippen LogP) is 4.39. The normalized spacial score (nSPS) is 16.0. The molecule has 0 aliphatic carbocycles. The zero-order valence-electron chi connectivity index (χ0n) is 19.2. The molecule has 172 valence electrons. The molecule has 3 aromatic heterocycles. The molecular weight excluding hydrogens is 434 g/mol. The van der Waals surface area contributed by atoms with Crippen molar-refractivity contribution in [3.8, 4) is 11.1 Å². The lowest BCUT2D eigenvalue weighted by molar-refractivity contribution is 0.264. The van der Waals surface area contributed by atoms with Crippen LogP contribution in [0, 0.1) is 6.92 Å². The quantitative estimate of drug-likeness (QED) is 0.456. The zero-order chi connectivity index (χ0) is 23.2. The number of aromatic amines is 1. The molecule has 0 saturated carbocycles. The SMILES string of the molecule is CCS(=O)(=O)c1cccc(-c2cnc(NC3CCN(C)CC3)c3[nH]c4ncc(C)cc4c23)c1. The molecule has 1 saturated heterocycles. The van der Waals surface area contributed by atoms with Crippen LogP contribution in [0.1, 0.15) is 25.3 Å². The summed E-state index contributed by atoms with van der Waals surface area (Å²) >= 11 is 0. The second kappa shape index (κ2) is 8.43. The summed E-state index contributed by atoms with van der Waals surface area (Å²) in [7, 11) is -1.15. The standard InChI is InChI=1S/C25H29N5O2S/c1-4-33(31,32)19-7-5-6-17(13-19)21-15-27-25(28-18-8-10-30(3)11-9-18)23-22(21)20-12-16(2)14-26-24(20)29-23/h5-7,12-15,18H,4,8-11H2,1-3H3,(H,26,29)(H,27,28). The Hall–Kier alpha value is -2.97. The molecule has 1 fully saturated rings. The number of fused-ring (bicyclic) bond motifs is 3. The lowest BCUT2D eigenvalue weighted by Crippen LogP contribution is -2.36. The monoisotopic (exact) mass is 463 g/mol. The Labute approximate surface area is 194 Å². The van der Waals surface area contributed by atoms with Gasteiger partial charge in [-0.1, -0.05) is 19.1 Å². The first-order chi connectivity index (χ1) is 15.9. The van der Waals surface area contributed by atoms with Crippen molar-refractivity contribution in [3.05, 3.63) is 48.3 Å². The Kier molecular flexibility index (Phi) is 5.58. The number of H-pyrrole nitrogens is 1. The lowest BCUT2D eigenvalue weighted by atomic mass is 10.0. The molecule has 7 nitrogen and oxygen atoms in total. The molecule has 0 amide bonds. The Bertz CT molecular complexity index is 1440. The van der Waals surface area contributed by atoms with E-state index in [1.807, 2.05) is 25.4 Å². The minimum Gasteiger partial charge on any atom is -0.366 e. The van der Waals surface area contributed by atoms with E-state index < -0.39 is 9.84 Å². The summed E-state index contributed by atoms with van der Waals surface area (Å²) in [5, 5.41) is 5.67. The maximum Gasteiger partial charge on any atom is 0.178 e. The van der Waals surface area contributed by atoms with E-state index in [0.29, 0.717) is 10.9 Å². The number of piperidine rings is 1. The molecule has 5 rings (SSSR count). The minimum atomic E-state index is -3.31. The lowest BCUT2D eigenvalue weighted by Gasteiger charge is -2.30. The first-order valence-electron chi connectivity index (χ1n) is 11.4. The molecule has 4 heterocycles. The van der Waals surface area contributed by atoms with E-state index in [4.69, 9.17) is 4.98 Å². The predicted molar refractivity (Wildman–Crippen MR) is 133 cm³/mol. The van der Waals surface area contributed by atoms with Crippen molar-refractivity contribution in [1.82, 2.24) is 19.9 Å². The highest BCUT2D eigenvalue weighted by Crippen LogP contribution is 2.38. The van der Waals surface area contributed by atoms with E-state index in [1.165, 1.54) is 0 Å². The molecule has 1 aliphatic rings. The Morgan fingerprint density at radius 2 is 1.94 bits per heavy atom. The van der Waals surface area contributed by atoms with Crippen LogP contribution in [0.3, 0.4) is 0 Å². The summed E-state index contributed by atoms with van der Waals surface area (Å²) in [4.78, 5) is 15.5. The average molecular weight is 464 g/mol. The van der Waals surface area contributed by atoms with Crippen LogP contribution in [-0.4, -0.2) is 60.2 Å². The van der Waals surface area contributed by atoms with Gasteiger partial charge in [-0.05, 0) is 69.2 Å². The highest BCUT2D eigenvalue weighted by Gasteiger charge is 2.21. The summed E-state index contributed by atoms with van der Waals surface area (Å²) in [6.07, 6.45) is 5.84. The highest BCUT2D eigenvalue weighted by molar-refractivity contribution is 7.91. The summed E-state index contributed by atoms with van der Waals surface area (Å²) in [6.45, 7) is 5.81. The van der Waals surface area contributed by atoms with Crippen LogP contribution >= 0.6 is 0 Å². The van der Waals surface area contributed by atoms with E-state index >= 15 is 0 Å². The van der Waals surface area contributed by atoms with Gasteiger partial charge in [0.05, 0.1) is 16.2 Å². The van der Waals surface area contributed by atoms with Gasteiger partial charge in [-0.2, -0.15) is 0 Å². The van der Waals surface area contributed by atoms with Crippen molar-refractivity contribution in [2.45, 2.75) is 37.6 Å². The molecule has 4 aromatic rings. The third-order valence-electron chi connectivity index (χ3n) is 6.56. The minimum absolute atomic E-state index is 0.0692. The summed E-state index contributed by atoms with van der Waals surface area (Å²) in [5.74, 6) is 0.885. The molecule has 0 spiro atoms. The molecule has 2 N–H and O–H groups in total. The van der Waals surface area contributed by atoms with Crippen LogP contribution in [0.2, 0.25) is 0 Å². The second-order valence-corrected chi connectivity index (χ2v) is 11.2. The highest BCUT2D eigenvalue weighted by atomic mass is 32.2. The number of anilines is 1. The van der Waals surface area contributed by atoms with Gasteiger partial charge in [0.1, 0.15) is 5.65 Å². The number of hydrogen-bond acceptors (Lipinski definition) is 6. The van der Waals surface area contributed by atoms with Gasteiger partial charge >= 0.3 is 0 Å². The Morgan fingerprint density at radius 3 is 2.70 bits per heavy atom. The van der Waals surface area contributed by atoms with E-state index in [1.54, 1.807) is 25.1 Å². The number of aryl methyl sites for hydroxylation is 1. The molecule has 33 heavy (non-hydrogen) atoms. The number of likely N-dealkylation sites (tertiary alicyclic amines) is 1. The third kappa shape index (κ3) is 4.09. The van der Waals surface area contributed by atoms with E-state index in [-0.39, 0.29) is 5.75 Å². The van der Waals surface area contributed by atoms with Gasteiger partial charge in [-0.3, -0.25) is 0 Å². The molecule has 0 radical (unpaired) electrons. The van der Waals surface area contributed by atoms with E-state index in [2.05, 4.69) is 33.3 Å². The van der Waals surface area contributed by atoms with E-state index in [9.17, 15) is 8.42 Å². The van der Waals surface area contributed by atoms with Crippen LogP contribution in [0.15, 0.2) is 47.6 Å². The smallest absolute Gasteiger partial charge is 0.178 e. The van der Waals surface area contributed by atoms with Crippen LogP contribution in [0.4, 0.5) is 5.82 Å². The van der Waals surface area contributed by atoms with Crippen LogP contribution in [-0.2, 0) is 9.84 Å². The van der Waals surface area contributed by atoms with Crippen molar-refractivity contribution >= 4 is 37.6 Å². The van der Waals surface area contributed by atoms with Crippen LogP contribution < -0.4 is 5.32 Å². The fourth-order valence-corrected chi connectivity index (χ4v) is 5.51. The van der Waals surface area contributed by atoms with Crippen LogP contribution in [0.5, 0.6) is 0 Å². The van der Waals surface area contributed by atoms with Crippen molar-refractivity contribution in [1.29, 1.82) is 0 Å². The molecule has 0 unspecified atom stereocenters. The maximum atomic E-state index is 12.5. The molecule has 8 heteroatoms. The Morgan fingerprint density at radius 1 is 1.15 bits per heavy atom. The number of hydrogen-bond donors (Lipinski definition) is 2. The van der Waals surface area contributed by atoms with Crippen molar-refractivity contribution < 1.29 is 8.42 Å². The number of sulfone groups is 1. The van der Waals surface area contributed by atoms with Gasteiger partial charge in [-0.15, -0.1) is 0 Å². The van der Waals surface area contributed by atoms with Crippen LogP contribution in [0.25, 0.3) is 33.1 Å². The topological polar surface area (TPSA) is 91.0 Å². The van der Waals surface area contributed by atoms with E-state index in [0.717, 1.165) is 70.4 Å². The summed E-state index contributed by atoms with van der Waals surface area (Å²) in [5.41, 5.74) is 4.50. The number of nitrogens with zero attached hydrogens (tertiary/aromatic N) is 3. The average Bonchev–Trinajstić information content (AvgIpc) is 3.20. The van der Waals surface area contributed by atoms with Crippen molar-refractivity contribution in [3.63, 3.8) is 0 Å². The number of pyridine rings is 2. The van der Waals surface area contributed by atoms with Gasteiger partial charge in [0.15, 0.2) is 15.7 Å². The largest absolute Gasteiger partial charge is 0.366 e. The maximum absolute atomic E-state index is 12.5. The van der Waals surface area contributed by atoms with Crippen molar-refractivity contribution in [2.75, 3.05) is 31.2 Å². The fourth-order valence-electron chi connectivity index (χ4n) is 4.59. The Balaban J connectivity index is 1.68. The number of rotatable bonds is 5. The van der Waals surface area contributed by atoms with Crippen molar-refractivity contribution in [2.24, 2.45) is 0 Å². The fraction of sp³-hybridized carbons (Fsp3) is 0.360.